The van der Waals surface area contributed by atoms with Crippen LogP contribution in [0, 0.1) is 0 Å². The molecule has 1 aliphatic rings. The number of carbonyl (C=O) groups is 1. The molecule has 3 aromatic rings. The number of amides is 1. The van der Waals surface area contributed by atoms with Gasteiger partial charge in [-0.3, -0.25) is 9.69 Å². The Kier molecular flexibility index (Phi) is 6.89. The maximum Gasteiger partial charge on any atom is 0.248 e. The van der Waals surface area contributed by atoms with E-state index in [1.54, 1.807) is 19.2 Å². The van der Waals surface area contributed by atoms with Gasteiger partial charge < -0.3 is 15.4 Å². The van der Waals surface area contributed by atoms with Gasteiger partial charge in [-0.15, -0.1) is 0 Å². The number of benzene rings is 2. The molecule has 4 rings (SSSR count). The van der Waals surface area contributed by atoms with Gasteiger partial charge in [0.05, 0.1) is 12.8 Å². The Balaban J connectivity index is 1.63. The van der Waals surface area contributed by atoms with Gasteiger partial charge in [0.2, 0.25) is 11.9 Å². The van der Waals surface area contributed by atoms with Crippen LogP contribution < -0.4 is 15.4 Å². The molecule has 0 unspecified atom stereocenters. The van der Waals surface area contributed by atoms with Crippen LogP contribution in [0.1, 0.15) is 40.4 Å². The molecule has 1 amide bonds. The lowest BCUT2D eigenvalue weighted by atomic mass is 9.89. The number of ether oxygens (including phenoxy) is 1. The van der Waals surface area contributed by atoms with Gasteiger partial charge in [-0.1, -0.05) is 24.3 Å². The fraction of sp³-hybridized carbons (Fsp3) is 0.346. The Hall–Kier alpha value is -3.45. The Labute approximate surface area is 195 Å². The second kappa shape index (κ2) is 10.0. The summed E-state index contributed by atoms with van der Waals surface area (Å²) in [4.78, 5) is 25.4. The molecule has 7 heteroatoms. The number of likely N-dealkylation sites (tertiary alicyclic amines) is 1. The number of rotatable bonds is 7. The lowest BCUT2D eigenvalue weighted by Gasteiger charge is -2.33. The van der Waals surface area contributed by atoms with Crippen molar-refractivity contribution < 1.29 is 9.53 Å². The predicted octanol–water partition coefficient (Wildman–Crippen LogP) is 3.70. The molecule has 2 N–H and O–H groups in total. The minimum Gasteiger partial charge on any atom is -0.497 e. The summed E-state index contributed by atoms with van der Waals surface area (Å²) < 4.78 is 5.39. The van der Waals surface area contributed by atoms with Crippen molar-refractivity contribution in [3.8, 4) is 16.9 Å². The SMILES string of the molecule is COc1cccc(CN2CCC[C@@H](c3nc(N(C)C)ncc3-c3ccc(C(N)=O)cc3)C2)c1. The third-order valence-corrected chi connectivity index (χ3v) is 6.12. The van der Waals surface area contributed by atoms with Crippen LogP contribution >= 0.6 is 0 Å². The molecule has 0 aliphatic carbocycles. The van der Waals surface area contributed by atoms with E-state index >= 15 is 0 Å². The van der Waals surface area contributed by atoms with Crippen LogP contribution in [0.5, 0.6) is 5.75 Å². The first kappa shape index (κ1) is 22.7. The van der Waals surface area contributed by atoms with E-state index in [1.165, 1.54) is 5.56 Å². The number of hydrogen-bond acceptors (Lipinski definition) is 6. The molecule has 1 atom stereocenters. The van der Waals surface area contributed by atoms with Crippen molar-refractivity contribution in [1.82, 2.24) is 14.9 Å². The lowest BCUT2D eigenvalue weighted by molar-refractivity contribution is 0.100. The number of piperidine rings is 1. The first-order valence-electron chi connectivity index (χ1n) is 11.2. The molecule has 172 valence electrons. The summed E-state index contributed by atoms with van der Waals surface area (Å²) in [7, 11) is 5.61. The van der Waals surface area contributed by atoms with E-state index in [4.69, 9.17) is 15.5 Å². The topological polar surface area (TPSA) is 84.6 Å². The zero-order valence-electron chi connectivity index (χ0n) is 19.5. The first-order chi connectivity index (χ1) is 15.9. The van der Waals surface area contributed by atoms with E-state index in [1.807, 2.05) is 49.5 Å². The Morgan fingerprint density at radius 1 is 1.21 bits per heavy atom. The molecule has 1 fully saturated rings. The summed E-state index contributed by atoms with van der Waals surface area (Å²) in [6.45, 7) is 2.86. The van der Waals surface area contributed by atoms with Crippen LogP contribution in [-0.4, -0.2) is 55.1 Å². The Morgan fingerprint density at radius 3 is 2.70 bits per heavy atom. The molecule has 1 aliphatic heterocycles. The number of anilines is 1. The second-order valence-electron chi connectivity index (χ2n) is 8.73. The van der Waals surface area contributed by atoms with Gasteiger partial charge in [-0.2, -0.15) is 0 Å². The summed E-state index contributed by atoms with van der Waals surface area (Å²) in [5.74, 6) is 1.44. The molecule has 0 bridgehead atoms. The normalized spacial score (nSPS) is 16.4. The van der Waals surface area contributed by atoms with Crippen LogP contribution in [0.25, 0.3) is 11.1 Å². The number of carbonyl (C=O) groups excluding carboxylic acids is 1. The van der Waals surface area contributed by atoms with Gasteiger partial charge in [0, 0.05) is 50.4 Å². The molecule has 1 aromatic heterocycles. The van der Waals surface area contributed by atoms with Crippen molar-refractivity contribution in [3.63, 3.8) is 0 Å². The predicted molar refractivity (Wildman–Crippen MR) is 131 cm³/mol. The van der Waals surface area contributed by atoms with Crippen molar-refractivity contribution in [2.45, 2.75) is 25.3 Å². The molecular weight excluding hydrogens is 414 g/mol. The molecule has 2 aromatic carbocycles. The number of nitrogens with two attached hydrogens (primary N) is 1. The van der Waals surface area contributed by atoms with E-state index < -0.39 is 5.91 Å². The van der Waals surface area contributed by atoms with E-state index in [0.717, 1.165) is 55.0 Å². The van der Waals surface area contributed by atoms with Crippen molar-refractivity contribution in [3.05, 3.63) is 71.5 Å². The largest absolute Gasteiger partial charge is 0.497 e. The first-order valence-corrected chi connectivity index (χ1v) is 11.2. The standard InChI is InChI=1S/C26H31N5O2/c1-30(2)26-28-15-23(19-9-11-20(12-10-19)25(27)32)24(29-26)21-7-5-13-31(17-21)16-18-6-4-8-22(14-18)33-3/h4,6,8-12,14-15,21H,5,7,13,16-17H2,1-3H3,(H2,27,32)/t21-/m1/s1. The maximum absolute atomic E-state index is 11.5. The number of nitrogens with zero attached hydrogens (tertiary/aromatic N) is 4. The molecular formula is C26H31N5O2. The summed E-state index contributed by atoms with van der Waals surface area (Å²) in [6.07, 6.45) is 4.08. The van der Waals surface area contributed by atoms with Crippen LogP contribution in [-0.2, 0) is 6.54 Å². The Morgan fingerprint density at radius 2 is 2.00 bits per heavy atom. The second-order valence-corrected chi connectivity index (χ2v) is 8.73. The third-order valence-electron chi connectivity index (χ3n) is 6.12. The zero-order chi connectivity index (χ0) is 23.4. The Bertz CT molecular complexity index is 1110. The summed E-state index contributed by atoms with van der Waals surface area (Å²) in [6, 6.07) is 15.6. The van der Waals surface area contributed by atoms with Crippen molar-refractivity contribution in [1.29, 1.82) is 0 Å². The number of aromatic nitrogens is 2. The van der Waals surface area contributed by atoms with Crippen LogP contribution in [0.4, 0.5) is 5.95 Å². The smallest absolute Gasteiger partial charge is 0.248 e. The fourth-order valence-corrected chi connectivity index (χ4v) is 4.40. The highest BCUT2D eigenvalue weighted by Crippen LogP contribution is 2.34. The molecule has 7 nitrogen and oxygen atoms in total. The van der Waals surface area contributed by atoms with Gasteiger partial charge in [0.15, 0.2) is 0 Å². The van der Waals surface area contributed by atoms with Gasteiger partial charge in [-0.25, -0.2) is 9.97 Å². The fourth-order valence-electron chi connectivity index (χ4n) is 4.40. The van der Waals surface area contributed by atoms with Gasteiger partial charge in [0.25, 0.3) is 0 Å². The van der Waals surface area contributed by atoms with Crippen LogP contribution in [0.3, 0.4) is 0 Å². The summed E-state index contributed by atoms with van der Waals surface area (Å²) >= 11 is 0. The minimum absolute atomic E-state index is 0.289. The average Bonchev–Trinajstić information content (AvgIpc) is 2.84. The number of methoxy groups -OCH3 is 1. The van der Waals surface area contributed by atoms with Crippen LogP contribution in [0.2, 0.25) is 0 Å². The van der Waals surface area contributed by atoms with Gasteiger partial charge in [-0.05, 0) is 54.8 Å². The summed E-state index contributed by atoms with van der Waals surface area (Å²) in [5, 5.41) is 0. The highest BCUT2D eigenvalue weighted by molar-refractivity contribution is 5.93. The average molecular weight is 446 g/mol. The molecule has 2 heterocycles. The molecule has 0 radical (unpaired) electrons. The summed E-state index contributed by atoms with van der Waals surface area (Å²) in [5.41, 5.74) is 10.2. The van der Waals surface area contributed by atoms with Crippen molar-refractivity contribution in [2.75, 3.05) is 39.2 Å². The van der Waals surface area contributed by atoms with E-state index in [2.05, 4.69) is 22.0 Å². The number of hydrogen-bond donors (Lipinski definition) is 1. The number of primary amides is 1. The maximum atomic E-state index is 11.5. The van der Waals surface area contributed by atoms with Crippen LogP contribution in [0.15, 0.2) is 54.7 Å². The lowest BCUT2D eigenvalue weighted by Crippen LogP contribution is -2.34. The monoisotopic (exact) mass is 445 g/mol. The molecule has 0 saturated carbocycles. The highest BCUT2D eigenvalue weighted by Gasteiger charge is 2.26. The van der Waals surface area contributed by atoms with Gasteiger partial charge in [0.1, 0.15) is 5.75 Å². The van der Waals surface area contributed by atoms with Gasteiger partial charge >= 0.3 is 0 Å². The molecule has 1 saturated heterocycles. The molecule has 0 spiro atoms. The molecule has 33 heavy (non-hydrogen) atoms. The third kappa shape index (κ3) is 5.31. The zero-order valence-corrected chi connectivity index (χ0v) is 19.5. The van der Waals surface area contributed by atoms with Crippen molar-refractivity contribution in [2.24, 2.45) is 5.73 Å². The van der Waals surface area contributed by atoms with Crippen molar-refractivity contribution >= 4 is 11.9 Å². The minimum atomic E-state index is -0.429. The van der Waals surface area contributed by atoms with E-state index in [0.29, 0.717) is 11.5 Å². The van der Waals surface area contributed by atoms with E-state index in [9.17, 15) is 4.79 Å². The quantitative estimate of drug-likeness (QED) is 0.597. The highest BCUT2D eigenvalue weighted by atomic mass is 16.5. The van der Waals surface area contributed by atoms with E-state index in [-0.39, 0.29) is 5.92 Å².